The zero-order valence-corrected chi connectivity index (χ0v) is 13.8. The molecular weight excluding hydrogens is 314 g/mol. The van der Waals surface area contributed by atoms with Crippen LogP contribution in [0.15, 0.2) is 22.8 Å². The number of hydrogen-bond acceptors (Lipinski definition) is 5. The zero-order chi connectivity index (χ0) is 17.7. The molecule has 1 aromatic heterocycles. The number of urea groups is 1. The average molecular weight is 337 g/mol. The molecule has 0 radical (unpaired) electrons. The van der Waals surface area contributed by atoms with Crippen LogP contribution in [0.2, 0.25) is 0 Å². The predicted octanol–water partition coefficient (Wildman–Crippen LogP) is 0.613. The Morgan fingerprint density at radius 2 is 2.21 bits per heavy atom. The summed E-state index contributed by atoms with van der Waals surface area (Å²) in [6.45, 7) is 3.72. The Hall–Kier alpha value is -2.35. The number of imide groups is 1. The van der Waals surface area contributed by atoms with Crippen molar-refractivity contribution >= 4 is 17.8 Å². The van der Waals surface area contributed by atoms with E-state index in [2.05, 4.69) is 10.6 Å². The SMILES string of the molecule is CC(C)[C@@H](CO)NC(=O)CCC1NC(=O)N(Cc2ccco2)C1=O. The van der Waals surface area contributed by atoms with Crippen molar-refractivity contribution in [3.8, 4) is 0 Å². The van der Waals surface area contributed by atoms with Crippen LogP contribution in [0, 0.1) is 5.92 Å². The van der Waals surface area contributed by atoms with Gasteiger partial charge in [-0.25, -0.2) is 4.79 Å². The van der Waals surface area contributed by atoms with Gasteiger partial charge < -0.3 is 20.2 Å². The first-order valence-electron chi connectivity index (χ1n) is 7.96. The third-order valence-electron chi connectivity index (χ3n) is 4.01. The highest BCUT2D eigenvalue weighted by atomic mass is 16.3. The van der Waals surface area contributed by atoms with E-state index in [4.69, 9.17) is 4.42 Å². The molecule has 0 aromatic carbocycles. The average Bonchev–Trinajstić information content (AvgIpc) is 3.14. The summed E-state index contributed by atoms with van der Waals surface area (Å²) in [5, 5.41) is 14.5. The number of amides is 4. The van der Waals surface area contributed by atoms with Crippen molar-refractivity contribution in [2.24, 2.45) is 5.92 Å². The molecule has 0 saturated carbocycles. The maximum atomic E-state index is 12.3. The van der Waals surface area contributed by atoms with E-state index < -0.39 is 12.1 Å². The van der Waals surface area contributed by atoms with Gasteiger partial charge in [0.15, 0.2) is 0 Å². The van der Waals surface area contributed by atoms with Crippen LogP contribution in [0.1, 0.15) is 32.4 Å². The van der Waals surface area contributed by atoms with E-state index in [9.17, 15) is 19.5 Å². The summed E-state index contributed by atoms with van der Waals surface area (Å²) in [7, 11) is 0. The maximum absolute atomic E-state index is 12.3. The Labute approximate surface area is 140 Å². The standard InChI is InChI=1S/C16H23N3O5/c1-10(2)13(9-20)17-14(21)6-5-12-15(22)19(16(23)18-12)8-11-4-3-7-24-11/h3-4,7,10,12-13,20H,5-6,8-9H2,1-2H3,(H,17,21)(H,18,23)/t12?,13-/m1/s1. The molecule has 0 aliphatic carbocycles. The van der Waals surface area contributed by atoms with Crippen molar-refractivity contribution in [1.82, 2.24) is 15.5 Å². The van der Waals surface area contributed by atoms with Gasteiger partial charge in [-0.15, -0.1) is 0 Å². The van der Waals surface area contributed by atoms with E-state index in [-0.39, 0.29) is 49.8 Å². The van der Waals surface area contributed by atoms with Crippen LogP contribution in [0.3, 0.4) is 0 Å². The van der Waals surface area contributed by atoms with Gasteiger partial charge in [0.05, 0.1) is 25.5 Å². The number of nitrogens with zero attached hydrogens (tertiary/aromatic N) is 1. The molecule has 2 rings (SSSR count). The molecule has 1 unspecified atom stereocenters. The number of carbonyl (C=O) groups excluding carboxylic acids is 3. The highest BCUT2D eigenvalue weighted by molar-refractivity contribution is 6.04. The summed E-state index contributed by atoms with van der Waals surface area (Å²) < 4.78 is 5.14. The lowest BCUT2D eigenvalue weighted by Gasteiger charge is -2.20. The third kappa shape index (κ3) is 4.35. The Kier molecular flexibility index (Phi) is 5.97. The molecule has 4 amide bonds. The van der Waals surface area contributed by atoms with E-state index in [1.165, 1.54) is 6.26 Å². The van der Waals surface area contributed by atoms with Gasteiger partial charge in [0.2, 0.25) is 5.91 Å². The minimum atomic E-state index is -0.718. The number of aliphatic hydroxyl groups excluding tert-OH is 1. The summed E-state index contributed by atoms with van der Waals surface area (Å²) in [6.07, 6.45) is 1.78. The minimum absolute atomic E-state index is 0.0697. The van der Waals surface area contributed by atoms with Gasteiger partial charge in [-0.05, 0) is 24.5 Å². The first kappa shape index (κ1) is 18.0. The molecule has 2 heterocycles. The summed E-state index contributed by atoms with van der Waals surface area (Å²) >= 11 is 0. The lowest BCUT2D eigenvalue weighted by Crippen LogP contribution is -2.42. The molecule has 2 atom stereocenters. The Bertz CT molecular complexity index is 585. The van der Waals surface area contributed by atoms with Crippen LogP contribution in [0.25, 0.3) is 0 Å². The number of hydrogen-bond donors (Lipinski definition) is 3. The fourth-order valence-electron chi connectivity index (χ4n) is 2.46. The van der Waals surface area contributed by atoms with Gasteiger partial charge >= 0.3 is 6.03 Å². The van der Waals surface area contributed by atoms with Gasteiger partial charge in [0.1, 0.15) is 11.8 Å². The monoisotopic (exact) mass is 337 g/mol. The first-order chi connectivity index (χ1) is 11.4. The van der Waals surface area contributed by atoms with Gasteiger partial charge in [0, 0.05) is 6.42 Å². The normalized spacial score (nSPS) is 18.8. The van der Waals surface area contributed by atoms with Crippen molar-refractivity contribution < 1.29 is 23.9 Å². The lowest BCUT2D eigenvalue weighted by molar-refractivity contribution is -0.128. The molecule has 1 fully saturated rings. The molecule has 1 saturated heterocycles. The van der Waals surface area contributed by atoms with Gasteiger partial charge in [-0.2, -0.15) is 0 Å². The van der Waals surface area contributed by atoms with Crippen molar-refractivity contribution in [1.29, 1.82) is 0 Å². The Morgan fingerprint density at radius 1 is 1.46 bits per heavy atom. The molecule has 8 nitrogen and oxygen atoms in total. The third-order valence-corrected chi connectivity index (χ3v) is 4.01. The minimum Gasteiger partial charge on any atom is -0.467 e. The van der Waals surface area contributed by atoms with Crippen LogP contribution in [-0.4, -0.2) is 46.5 Å². The van der Waals surface area contributed by atoms with Crippen LogP contribution >= 0.6 is 0 Å². The van der Waals surface area contributed by atoms with Gasteiger partial charge in [-0.3, -0.25) is 14.5 Å². The maximum Gasteiger partial charge on any atom is 0.325 e. The van der Waals surface area contributed by atoms with Crippen LogP contribution in [0.4, 0.5) is 4.79 Å². The van der Waals surface area contributed by atoms with Crippen LogP contribution in [0.5, 0.6) is 0 Å². The lowest BCUT2D eigenvalue weighted by atomic mass is 10.0. The topological polar surface area (TPSA) is 112 Å². The number of aliphatic hydroxyl groups is 1. The fraction of sp³-hybridized carbons (Fsp3) is 0.562. The molecule has 132 valence electrons. The first-order valence-corrected chi connectivity index (χ1v) is 7.96. The quantitative estimate of drug-likeness (QED) is 0.602. The van der Waals surface area contributed by atoms with Crippen LogP contribution in [-0.2, 0) is 16.1 Å². The molecule has 24 heavy (non-hydrogen) atoms. The molecular formula is C16H23N3O5. The van der Waals surface area contributed by atoms with Crippen molar-refractivity contribution in [3.05, 3.63) is 24.2 Å². The molecule has 1 aliphatic rings. The molecule has 8 heteroatoms. The van der Waals surface area contributed by atoms with Crippen molar-refractivity contribution in [3.63, 3.8) is 0 Å². The summed E-state index contributed by atoms with van der Waals surface area (Å²) in [5.74, 6) is -0.00350. The second-order valence-corrected chi connectivity index (χ2v) is 6.15. The Balaban J connectivity index is 1.84. The van der Waals surface area contributed by atoms with Gasteiger partial charge in [0.25, 0.3) is 5.91 Å². The number of rotatable bonds is 8. The fourth-order valence-corrected chi connectivity index (χ4v) is 2.46. The van der Waals surface area contributed by atoms with Crippen molar-refractivity contribution in [2.45, 2.75) is 45.3 Å². The number of carbonyl (C=O) groups is 3. The highest BCUT2D eigenvalue weighted by Crippen LogP contribution is 2.15. The summed E-state index contributed by atoms with van der Waals surface area (Å²) in [5.41, 5.74) is 0. The smallest absolute Gasteiger partial charge is 0.325 e. The number of nitrogens with one attached hydrogen (secondary N) is 2. The van der Waals surface area contributed by atoms with Crippen LogP contribution < -0.4 is 10.6 Å². The Morgan fingerprint density at radius 3 is 2.79 bits per heavy atom. The zero-order valence-electron chi connectivity index (χ0n) is 13.8. The summed E-state index contributed by atoms with van der Waals surface area (Å²) in [6, 6.07) is 1.84. The van der Waals surface area contributed by atoms with E-state index in [0.29, 0.717) is 5.76 Å². The molecule has 0 spiro atoms. The second-order valence-electron chi connectivity index (χ2n) is 6.15. The second kappa shape index (κ2) is 7.96. The number of furan rings is 1. The van der Waals surface area contributed by atoms with E-state index in [1.54, 1.807) is 12.1 Å². The summed E-state index contributed by atoms with van der Waals surface area (Å²) in [4.78, 5) is 37.2. The van der Waals surface area contributed by atoms with E-state index in [1.807, 2.05) is 13.8 Å². The molecule has 3 N–H and O–H groups in total. The predicted molar refractivity (Wildman–Crippen MR) is 84.7 cm³/mol. The van der Waals surface area contributed by atoms with E-state index in [0.717, 1.165) is 4.90 Å². The van der Waals surface area contributed by atoms with E-state index >= 15 is 0 Å². The molecule has 1 aromatic rings. The van der Waals surface area contributed by atoms with Crippen molar-refractivity contribution in [2.75, 3.05) is 6.61 Å². The molecule has 0 bridgehead atoms. The van der Waals surface area contributed by atoms with Gasteiger partial charge in [-0.1, -0.05) is 13.8 Å². The molecule has 1 aliphatic heterocycles. The largest absolute Gasteiger partial charge is 0.467 e. The highest BCUT2D eigenvalue weighted by Gasteiger charge is 2.38.